The molecule has 1 aromatic carbocycles. The average Bonchev–Trinajstić information content (AvgIpc) is 2.57. The summed E-state index contributed by atoms with van der Waals surface area (Å²) in [6.07, 6.45) is 3.39. The Balaban J connectivity index is 1.55. The molecule has 3 amide bonds. The van der Waals surface area contributed by atoms with Gasteiger partial charge in [-0.15, -0.1) is 0 Å². The van der Waals surface area contributed by atoms with Crippen LogP contribution in [-0.2, 0) is 0 Å². The maximum absolute atomic E-state index is 12.8. The molecule has 0 spiro atoms. The number of hydrogen-bond acceptors (Lipinski definition) is 3. The van der Waals surface area contributed by atoms with E-state index in [4.69, 9.17) is 0 Å². The predicted octanol–water partition coefficient (Wildman–Crippen LogP) is 1.55. The second kappa shape index (κ2) is 9.22. The molecule has 24 heavy (non-hydrogen) atoms. The molecule has 0 aromatic heterocycles. The number of benzene rings is 1. The van der Waals surface area contributed by atoms with E-state index in [9.17, 15) is 19.1 Å². The highest BCUT2D eigenvalue weighted by molar-refractivity contribution is 5.94. The summed E-state index contributed by atoms with van der Waals surface area (Å²) in [6.45, 7) is 0.872. The fraction of sp³-hybridized carbons (Fsp3) is 0.529. The molecule has 0 unspecified atom stereocenters. The van der Waals surface area contributed by atoms with Gasteiger partial charge in [0.05, 0.1) is 6.10 Å². The topological polar surface area (TPSA) is 90.5 Å². The summed E-state index contributed by atoms with van der Waals surface area (Å²) in [4.78, 5) is 23.5. The van der Waals surface area contributed by atoms with E-state index >= 15 is 0 Å². The largest absolute Gasteiger partial charge is 0.393 e. The number of amides is 3. The number of carbonyl (C=O) groups is 2. The van der Waals surface area contributed by atoms with Gasteiger partial charge in [-0.05, 0) is 56.4 Å². The van der Waals surface area contributed by atoms with Gasteiger partial charge >= 0.3 is 6.03 Å². The van der Waals surface area contributed by atoms with E-state index in [1.165, 1.54) is 24.3 Å². The van der Waals surface area contributed by atoms with E-state index in [0.717, 1.165) is 25.7 Å². The first-order chi connectivity index (χ1) is 11.5. The normalized spacial score (nSPS) is 20.2. The Morgan fingerprint density at radius 2 is 1.67 bits per heavy atom. The fourth-order valence-electron chi connectivity index (χ4n) is 2.65. The van der Waals surface area contributed by atoms with Gasteiger partial charge in [-0.25, -0.2) is 9.18 Å². The van der Waals surface area contributed by atoms with Gasteiger partial charge in [0, 0.05) is 24.7 Å². The van der Waals surface area contributed by atoms with Crippen LogP contribution < -0.4 is 16.0 Å². The van der Waals surface area contributed by atoms with Crippen molar-refractivity contribution in [3.8, 4) is 0 Å². The van der Waals surface area contributed by atoms with E-state index in [0.29, 0.717) is 25.1 Å². The highest BCUT2D eigenvalue weighted by Gasteiger charge is 2.20. The van der Waals surface area contributed by atoms with E-state index < -0.39 is 0 Å². The number of urea groups is 1. The first-order valence-corrected chi connectivity index (χ1v) is 8.31. The second-order valence-electron chi connectivity index (χ2n) is 6.02. The van der Waals surface area contributed by atoms with Crippen LogP contribution >= 0.6 is 0 Å². The average molecular weight is 337 g/mol. The van der Waals surface area contributed by atoms with E-state index in [2.05, 4.69) is 16.0 Å². The van der Waals surface area contributed by atoms with E-state index in [1.807, 2.05) is 0 Å². The van der Waals surface area contributed by atoms with Gasteiger partial charge < -0.3 is 21.1 Å². The van der Waals surface area contributed by atoms with Gasteiger partial charge in [0.25, 0.3) is 5.91 Å². The number of aliphatic hydroxyl groups is 1. The van der Waals surface area contributed by atoms with Crippen LogP contribution in [0.3, 0.4) is 0 Å². The molecule has 7 heteroatoms. The van der Waals surface area contributed by atoms with Crippen molar-refractivity contribution in [2.75, 3.05) is 13.1 Å². The molecule has 0 radical (unpaired) electrons. The number of rotatable bonds is 6. The summed E-state index contributed by atoms with van der Waals surface area (Å²) in [5.41, 5.74) is 0.404. The van der Waals surface area contributed by atoms with Gasteiger partial charge in [-0.1, -0.05) is 0 Å². The minimum atomic E-state index is -0.380. The summed E-state index contributed by atoms with van der Waals surface area (Å²) >= 11 is 0. The molecule has 6 nitrogen and oxygen atoms in total. The van der Waals surface area contributed by atoms with Gasteiger partial charge in [0.1, 0.15) is 5.82 Å². The molecule has 1 aromatic rings. The van der Waals surface area contributed by atoms with Crippen LogP contribution in [0.5, 0.6) is 0 Å². The standard InChI is InChI=1S/C17H24FN3O3/c18-13-4-2-12(3-5-13)16(23)19-10-1-11-20-17(24)21-14-6-8-15(22)9-7-14/h2-5,14-15,22H,1,6-11H2,(H,19,23)(H2,20,21,24). The lowest BCUT2D eigenvalue weighted by Gasteiger charge is -2.26. The number of aliphatic hydroxyl groups excluding tert-OH is 1. The Bertz CT molecular complexity index is 543. The molecule has 1 aliphatic rings. The predicted molar refractivity (Wildman–Crippen MR) is 88.1 cm³/mol. The van der Waals surface area contributed by atoms with Crippen LogP contribution in [0, 0.1) is 5.82 Å². The third-order valence-corrected chi connectivity index (χ3v) is 4.06. The molecule has 1 saturated carbocycles. The third kappa shape index (κ3) is 6.16. The van der Waals surface area contributed by atoms with Crippen LogP contribution in [0.4, 0.5) is 9.18 Å². The first-order valence-electron chi connectivity index (χ1n) is 8.31. The van der Waals surface area contributed by atoms with Crippen molar-refractivity contribution in [3.05, 3.63) is 35.6 Å². The molecule has 1 fully saturated rings. The zero-order valence-electron chi connectivity index (χ0n) is 13.6. The molecule has 1 aliphatic carbocycles. The Morgan fingerprint density at radius 3 is 2.33 bits per heavy atom. The zero-order chi connectivity index (χ0) is 17.4. The highest BCUT2D eigenvalue weighted by atomic mass is 19.1. The van der Waals surface area contributed by atoms with Crippen molar-refractivity contribution < 1.29 is 19.1 Å². The Labute approximate surface area is 140 Å². The van der Waals surface area contributed by atoms with E-state index in [1.54, 1.807) is 0 Å². The minimum absolute atomic E-state index is 0.117. The second-order valence-corrected chi connectivity index (χ2v) is 6.02. The Hall–Kier alpha value is -2.15. The molecule has 0 saturated heterocycles. The van der Waals surface area contributed by atoms with Crippen molar-refractivity contribution in [2.24, 2.45) is 0 Å². The summed E-state index contributed by atoms with van der Waals surface area (Å²) in [5.74, 6) is -0.644. The molecular formula is C17H24FN3O3. The van der Waals surface area contributed by atoms with Gasteiger partial charge in [-0.2, -0.15) is 0 Å². The van der Waals surface area contributed by atoms with Gasteiger partial charge in [-0.3, -0.25) is 4.79 Å². The lowest BCUT2D eigenvalue weighted by molar-refractivity contribution is 0.0953. The van der Waals surface area contributed by atoms with Gasteiger partial charge in [0.2, 0.25) is 0 Å². The molecule has 0 aliphatic heterocycles. The number of nitrogens with one attached hydrogen (secondary N) is 3. The Morgan fingerprint density at radius 1 is 1.04 bits per heavy atom. The molecule has 0 heterocycles. The first kappa shape index (κ1) is 18.2. The molecule has 0 bridgehead atoms. The van der Waals surface area contributed by atoms with Gasteiger partial charge in [0.15, 0.2) is 0 Å². The van der Waals surface area contributed by atoms with Crippen molar-refractivity contribution in [1.82, 2.24) is 16.0 Å². The summed E-state index contributed by atoms with van der Waals surface area (Å²) < 4.78 is 12.8. The third-order valence-electron chi connectivity index (χ3n) is 4.06. The quantitative estimate of drug-likeness (QED) is 0.594. The van der Waals surface area contributed by atoms with Crippen LogP contribution in [0.25, 0.3) is 0 Å². The summed E-state index contributed by atoms with van der Waals surface area (Å²) in [5, 5.41) is 17.8. The number of hydrogen-bond donors (Lipinski definition) is 4. The van der Waals surface area contributed by atoms with Crippen LogP contribution in [-0.4, -0.2) is 42.3 Å². The maximum Gasteiger partial charge on any atom is 0.315 e. The SMILES string of the molecule is O=C(NCCCNC(=O)c1ccc(F)cc1)NC1CCC(O)CC1. The van der Waals surface area contributed by atoms with Crippen molar-refractivity contribution in [2.45, 2.75) is 44.2 Å². The Kier molecular flexibility index (Phi) is 6.99. The van der Waals surface area contributed by atoms with Crippen LogP contribution in [0.1, 0.15) is 42.5 Å². The lowest BCUT2D eigenvalue weighted by atomic mass is 9.93. The molecule has 0 atom stereocenters. The fourth-order valence-corrected chi connectivity index (χ4v) is 2.65. The number of carbonyl (C=O) groups excluding carboxylic acids is 2. The highest BCUT2D eigenvalue weighted by Crippen LogP contribution is 2.17. The zero-order valence-corrected chi connectivity index (χ0v) is 13.6. The minimum Gasteiger partial charge on any atom is -0.393 e. The van der Waals surface area contributed by atoms with Crippen molar-refractivity contribution >= 4 is 11.9 Å². The molecule has 2 rings (SSSR count). The molecular weight excluding hydrogens is 313 g/mol. The van der Waals surface area contributed by atoms with Crippen LogP contribution in [0.15, 0.2) is 24.3 Å². The smallest absolute Gasteiger partial charge is 0.315 e. The van der Waals surface area contributed by atoms with Crippen molar-refractivity contribution in [1.29, 1.82) is 0 Å². The lowest BCUT2D eigenvalue weighted by Crippen LogP contribution is -2.44. The summed E-state index contributed by atoms with van der Waals surface area (Å²) in [7, 11) is 0. The molecule has 132 valence electrons. The monoisotopic (exact) mass is 337 g/mol. The molecule has 4 N–H and O–H groups in total. The van der Waals surface area contributed by atoms with Crippen molar-refractivity contribution in [3.63, 3.8) is 0 Å². The number of halogens is 1. The van der Waals surface area contributed by atoms with Crippen LogP contribution in [0.2, 0.25) is 0 Å². The maximum atomic E-state index is 12.8. The van der Waals surface area contributed by atoms with E-state index in [-0.39, 0.29) is 29.9 Å². The summed E-state index contributed by atoms with van der Waals surface area (Å²) in [6, 6.07) is 5.23.